The first-order valence-corrected chi connectivity index (χ1v) is 10.2. The molecular weight excluding hydrogens is 350 g/mol. The van der Waals surface area contributed by atoms with Crippen molar-refractivity contribution in [2.45, 2.75) is 12.5 Å². The molecular formula is C19H21N3O3S. The first-order valence-electron chi connectivity index (χ1n) is 8.38. The van der Waals surface area contributed by atoms with Crippen LogP contribution in [0.5, 0.6) is 0 Å². The fourth-order valence-electron chi connectivity index (χ4n) is 2.99. The van der Waals surface area contributed by atoms with Gasteiger partial charge in [-0.2, -0.15) is 5.10 Å². The largest absolute Gasteiger partial charge is 0.331 e. The van der Waals surface area contributed by atoms with Crippen molar-refractivity contribution in [3.63, 3.8) is 0 Å². The van der Waals surface area contributed by atoms with Crippen LogP contribution in [0, 0.1) is 0 Å². The highest BCUT2D eigenvalue weighted by molar-refractivity contribution is 7.91. The van der Waals surface area contributed by atoms with Crippen LogP contribution in [0.1, 0.15) is 12.0 Å². The molecule has 1 aromatic carbocycles. The van der Waals surface area contributed by atoms with Gasteiger partial charge in [-0.1, -0.05) is 24.3 Å². The molecule has 7 heteroatoms. The maximum atomic E-state index is 12.6. The van der Waals surface area contributed by atoms with Gasteiger partial charge in [-0.05, 0) is 24.6 Å². The van der Waals surface area contributed by atoms with Crippen LogP contribution in [0.25, 0.3) is 11.8 Å². The molecule has 136 valence electrons. The molecule has 0 bridgehead atoms. The van der Waals surface area contributed by atoms with Gasteiger partial charge in [0.1, 0.15) is 0 Å². The summed E-state index contributed by atoms with van der Waals surface area (Å²) in [6, 6.07) is 9.39. The number of hydrogen-bond acceptors (Lipinski definition) is 4. The summed E-state index contributed by atoms with van der Waals surface area (Å²) in [5, 5.41) is 4.29. The number of hydrogen-bond donors (Lipinski definition) is 0. The van der Waals surface area contributed by atoms with Crippen LogP contribution in [0.15, 0.2) is 61.5 Å². The summed E-state index contributed by atoms with van der Waals surface area (Å²) in [5.74, 6) is -0.0714. The first kappa shape index (κ1) is 18.1. The second kappa shape index (κ2) is 7.70. The Morgan fingerprint density at radius 1 is 1.35 bits per heavy atom. The third kappa shape index (κ3) is 4.29. The Kier molecular flexibility index (Phi) is 5.37. The van der Waals surface area contributed by atoms with Crippen molar-refractivity contribution in [3.8, 4) is 5.69 Å². The molecule has 1 amide bonds. The van der Waals surface area contributed by atoms with Gasteiger partial charge >= 0.3 is 0 Å². The molecule has 0 spiro atoms. The summed E-state index contributed by atoms with van der Waals surface area (Å²) in [5.41, 5.74) is 1.72. The van der Waals surface area contributed by atoms with Crippen molar-refractivity contribution in [3.05, 3.63) is 67.0 Å². The van der Waals surface area contributed by atoms with Gasteiger partial charge in [0, 0.05) is 30.4 Å². The fraction of sp³-hybridized carbons (Fsp3) is 0.263. The maximum absolute atomic E-state index is 12.6. The molecule has 1 unspecified atom stereocenters. The number of benzene rings is 1. The van der Waals surface area contributed by atoms with Gasteiger partial charge in [0.2, 0.25) is 5.91 Å². The third-order valence-corrected chi connectivity index (χ3v) is 6.05. The average Bonchev–Trinajstić information content (AvgIpc) is 3.24. The highest BCUT2D eigenvalue weighted by Crippen LogP contribution is 2.18. The molecule has 0 radical (unpaired) electrons. The van der Waals surface area contributed by atoms with Crippen molar-refractivity contribution in [1.82, 2.24) is 14.7 Å². The number of aromatic nitrogens is 2. The molecule has 26 heavy (non-hydrogen) atoms. The molecule has 6 nitrogen and oxygen atoms in total. The molecule has 0 saturated carbocycles. The monoisotopic (exact) mass is 371 g/mol. The van der Waals surface area contributed by atoms with Crippen molar-refractivity contribution < 1.29 is 13.2 Å². The van der Waals surface area contributed by atoms with Gasteiger partial charge < -0.3 is 4.90 Å². The number of sulfone groups is 1. The summed E-state index contributed by atoms with van der Waals surface area (Å²) < 4.78 is 25.1. The number of carbonyl (C=O) groups excluding carboxylic acids is 1. The molecule has 1 atom stereocenters. The van der Waals surface area contributed by atoms with E-state index >= 15 is 0 Å². The number of para-hydroxylation sites is 1. The van der Waals surface area contributed by atoms with Crippen molar-refractivity contribution >= 4 is 21.8 Å². The number of rotatable bonds is 6. The Balaban J connectivity index is 1.71. The standard InChI is InChI=1S/C19H21N3O3S/c1-2-11-21(18-10-12-26(24,25)15-18)19(23)9-8-16-13-20-22(14-16)17-6-4-3-5-7-17/h2-9,13-14,18H,1,10-12,15H2. The van der Waals surface area contributed by atoms with Crippen molar-refractivity contribution in [2.24, 2.45) is 0 Å². The van der Waals surface area contributed by atoms with Crippen LogP contribution in [-0.4, -0.2) is 53.1 Å². The Hall–Kier alpha value is -2.67. The lowest BCUT2D eigenvalue weighted by Gasteiger charge is -2.25. The predicted octanol–water partition coefficient (Wildman–Crippen LogP) is 2.09. The Labute approximate surface area is 153 Å². The summed E-state index contributed by atoms with van der Waals surface area (Å²) in [4.78, 5) is 14.1. The molecule has 3 rings (SSSR count). The highest BCUT2D eigenvalue weighted by Gasteiger charge is 2.33. The zero-order valence-corrected chi connectivity index (χ0v) is 15.2. The minimum Gasteiger partial charge on any atom is -0.331 e. The van der Waals surface area contributed by atoms with Crippen molar-refractivity contribution in [2.75, 3.05) is 18.1 Å². The van der Waals surface area contributed by atoms with Gasteiger partial charge in [0.25, 0.3) is 0 Å². The van der Waals surface area contributed by atoms with Crippen LogP contribution in [0.4, 0.5) is 0 Å². The molecule has 1 aliphatic rings. The lowest BCUT2D eigenvalue weighted by molar-refractivity contribution is -0.127. The third-order valence-electron chi connectivity index (χ3n) is 4.30. The molecule has 2 heterocycles. The van der Waals surface area contributed by atoms with Crippen LogP contribution in [-0.2, 0) is 14.6 Å². The van der Waals surface area contributed by atoms with E-state index in [1.165, 1.54) is 6.08 Å². The summed E-state index contributed by atoms with van der Waals surface area (Å²) in [6.07, 6.45) is 8.74. The average molecular weight is 371 g/mol. The van der Waals surface area contributed by atoms with E-state index in [9.17, 15) is 13.2 Å². The first-order chi connectivity index (χ1) is 12.5. The number of amides is 1. The quantitative estimate of drug-likeness (QED) is 0.576. The van der Waals surface area contributed by atoms with E-state index in [0.29, 0.717) is 13.0 Å². The Morgan fingerprint density at radius 2 is 2.12 bits per heavy atom. The molecule has 1 saturated heterocycles. The van der Waals surface area contributed by atoms with E-state index in [2.05, 4.69) is 11.7 Å². The smallest absolute Gasteiger partial charge is 0.247 e. The molecule has 0 aliphatic carbocycles. The van der Waals surface area contributed by atoms with E-state index in [1.54, 1.807) is 27.9 Å². The van der Waals surface area contributed by atoms with Gasteiger partial charge in [-0.3, -0.25) is 4.79 Å². The normalized spacial score (nSPS) is 18.8. The molecule has 1 fully saturated rings. The van der Waals surface area contributed by atoms with Gasteiger partial charge in [0.05, 0.1) is 23.4 Å². The number of carbonyl (C=O) groups is 1. The molecule has 2 aromatic rings. The van der Waals surface area contributed by atoms with E-state index in [1.807, 2.05) is 36.5 Å². The predicted molar refractivity (Wildman–Crippen MR) is 102 cm³/mol. The lowest BCUT2D eigenvalue weighted by Crippen LogP contribution is -2.40. The fourth-order valence-corrected chi connectivity index (χ4v) is 4.72. The van der Waals surface area contributed by atoms with Crippen molar-refractivity contribution in [1.29, 1.82) is 0 Å². The summed E-state index contributed by atoms with van der Waals surface area (Å²) >= 11 is 0. The van der Waals surface area contributed by atoms with Crippen LogP contribution in [0.2, 0.25) is 0 Å². The van der Waals surface area contributed by atoms with Gasteiger partial charge in [-0.15, -0.1) is 6.58 Å². The van der Waals surface area contributed by atoms with E-state index in [4.69, 9.17) is 0 Å². The second-order valence-corrected chi connectivity index (χ2v) is 8.45. The topological polar surface area (TPSA) is 72.3 Å². The van der Waals surface area contributed by atoms with Gasteiger partial charge in [-0.25, -0.2) is 13.1 Å². The number of nitrogens with zero attached hydrogens (tertiary/aromatic N) is 3. The Bertz CT molecular complexity index is 917. The summed E-state index contributed by atoms with van der Waals surface area (Å²) in [6.45, 7) is 3.99. The minimum absolute atomic E-state index is 0.0202. The summed E-state index contributed by atoms with van der Waals surface area (Å²) in [7, 11) is -3.05. The van der Waals surface area contributed by atoms with Crippen LogP contribution in [0.3, 0.4) is 0 Å². The zero-order valence-electron chi connectivity index (χ0n) is 14.4. The maximum Gasteiger partial charge on any atom is 0.247 e. The van der Waals surface area contributed by atoms with E-state index in [-0.39, 0.29) is 23.5 Å². The molecule has 0 N–H and O–H groups in total. The SMILES string of the molecule is C=CCN(C(=O)C=Cc1cnn(-c2ccccc2)c1)C1CCS(=O)(=O)C1. The van der Waals surface area contributed by atoms with Gasteiger partial charge in [0.15, 0.2) is 9.84 Å². The second-order valence-electron chi connectivity index (χ2n) is 6.22. The highest BCUT2D eigenvalue weighted by atomic mass is 32.2. The van der Waals surface area contributed by atoms with Crippen LogP contribution >= 0.6 is 0 Å². The minimum atomic E-state index is -3.05. The zero-order chi connectivity index (χ0) is 18.6. The molecule has 1 aromatic heterocycles. The Morgan fingerprint density at radius 3 is 2.77 bits per heavy atom. The lowest BCUT2D eigenvalue weighted by atomic mass is 10.2. The van der Waals surface area contributed by atoms with E-state index < -0.39 is 9.84 Å². The van der Waals surface area contributed by atoms with Crippen LogP contribution < -0.4 is 0 Å². The van der Waals surface area contributed by atoms with E-state index in [0.717, 1.165) is 11.3 Å². The molecule has 1 aliphatic heterocycles.